The summed E-state index contributed by atoms with van der Waals surface area (Å²) in [5, 5.41) is 1.84. The smallest absolute Gasteiger partial charge is 0.333 e. The van der Waals surface area contributed by atoms with Crippen molar-refractivity contribution < 1.29 is 23.5 Å². The molecule has 1 atom stereocenters. The minimum atomic E-state index is -2.93. The van der Waals surface area contributed by atoms with E-state index in [1.807, 2.05) is 36.4 Å². The van der Waals surface area contributed by atoms with Crippen LogP contribution in [0.3, 0.4) is 0 Å². The Labute approximate surface area is 174 Å². The van der Waals surface area contributed by atoms with Crippen molar-refractivity contribution in [1.29, 1.82) is 0 Å². The summed E-state index contributed by atoms with van der Waals surface area (Å²) in [7, 11) is -0.259. The number of carbonyl (C=O) groups is 2. The summed E-state index contributed by atoms with van der Waals surface area (Å²) in [6, 6.07) is 20.1. The van der Waals surface area contributed by atoms with Crippen molar-refractivity contribution in [3.05, 3.63) is 60.7 Å². The van der Waals surface area contributed by atoms with E-state index in [1.54, 1.807) is 0 Å². The fourth-order valence-electron chi connectivity index (χ4n) is 3.61. The number of benzene rings is 2. The van der Waals surface area contributed by atoms with Crippen molar-refractivity contribution in [2.45, 2.75) is 44.8 Å². The maximum Gasteiger partial charge on any atom is 0.333 e. The minimum absolute atomic E-state index is 0.0778. The van der Waals surface area contributed by atoms with Gasteiger partial charge in [-0.15, -0.1) is 0 Å². The molecule has 0 spiro atoms. The summed E-state index contributed by atoms with van der Waals surface area (Å²) in [5.41, 5.74) is 0. The van der Waals surface area contributed by atoms with Crippen LogP contribution in [0, 0.1) is 0 Å². The molecule has 0 aliphatic heterocycles. The van der Waals surface area contributed by atoms with Crippen LogP contribution >= 0.6 is 0 Å². The van der Waals surface area contributed by atoms with Gasteiger partial charge in [-0.1, -0.05) is 81.4 Å². The number of carbonyl (C=O) groups excluding carboxylic acids is 2. The van der Waals surface area contributed by atoms with Crippen LogP contribution in [-0.2, 0) is 23.5 Å². The number of hydrogen-bond acceptors (Lipinski definition) is 5. The second-order valence-corrected chi connectivity index (χ2v) is 12.2. The molecule has 29 heavy (non-hydrogen) atoms. The summed E-state index contributed by atoms with van der Waals surface area (Å²) < 4.78 is 16.5. The third-order valence-electron chi connectivity index (χ3n) is 5.04. The molecule has 156 valence electrons. The van der Waals surface area contributed by atoms with Crippen molar-refractivity contribution in [2.24, 2.45) is 0 Å². The summed E-state index contributed by atoms with van der Waals surface area (Å²) in [5.74, 6) is -0.869. The molecule has 0 aromatic heterocycles. The zero-order valence-corrected chi connectivity index (χ0v) is 18.8. The van der Waals surface area contributed by atoms with Crippen LogP contribution in [0.2, 0.25) is 5.04 Å². The molecule has 0 N–H and O–H groups in total. The predicted molar refractivity (Wildman–Crippen MR) is 116 cm³/mol. The maximum absolute atomic E-state index is 12.6. The average Bonchev–Trinajstić information content (AvgIpc) is 2.73. The van der Waals surface area contributed by atoms with Crippen molar-refractivity contribution in [3.63, 3.8) is 0 Å². The minimum Gasteiger partial charge on any atom is -0.469 e. The Morgan fingerprint density at radius 2 is 1.34 bits per heavy atom. The molecule has 2 rings (SSSR count). The van der Waals surface area contributed by atoms with E-state index in [-0.39, 0.29) is 23.8 Å². The molecular weight excluding hydrogens is 384 g/mol. The standard InChI is InChI=1S/C23H30O5Si/c1-23(2,3)29(18-12-8-6-9-13-18,19-14-10-7-11-15-19)28-20(22(25)27-5)16-17-21(24)26-4/h6-15,20H,16-17H2,1-5H3/t20-/m0/s1. The lowest BCUT2D eigenvalue weighted by Crippen LogP contribution is -2.68. The normalized spacial score (nSPS) is 12.9. The van der Waals surface area contributed by atoms with Gasteiger partial charge in [0, 0.05) is 6.42 Å². The Balaban J connectivity index is 2.61. The monoisotopic (exact) mass is 414 g/mol. The zero-order chi connectivity index (χ0) is 21.5. The first-order chi connectivity index (χ1) is 13.8. The first kappa shape index (κ1) is 22.8. The van der Waals surface area contributed by atoms with Gasteiger partial charge in [-0.05, 0) is 21.8 Å². The van der Waals surface area contributed by atoms with Gasteiger partial charge in [0.15, 0.2) is 0 Å². The van der Waals surface area contributed by atoms with Gasteiger partial charge in [0.25, 0.3) is 8.32 Å². The molecule has 5 nitrogen and oxygen atoms in total. The molecule has 0 saturated carbocycles. The molecule has 0 aliphatic carbocycles. The number of esters is 2. The van der Waals surface area contributed by atoms with E-state index < -0.39 is 20.4 Å². The van der Waals surface area contributed by atoms with Crippen molar-refractivity contribution in [3.8, 4) is 0 Å². The lowest BCUT2D eigenvalue weighted by molar-refractivity contribution is -0.150. The first-order valence-electron chi connectivity index (χ1n) is 9.69. The first-order valence-corrected chi connectivity index (χ1v) is 11.6. The summed E-state index contributed by atoms with van der Waals surface area (Å²) in [4.78, 5) is 24.3. The number of rotatable bonds is 8. The summed E-state index contributed by atoms with van der Waals surface area (Å²) >= 11 is 0. The molecule has 0 radical (unpaired) electrons. The zero-order valence-electron chi connectivity index (χ0n) is 17.8. The Hall–Kier alpha value is -2.44. The van der Waals surface area contributed by atoms with Crippen LogP contribution < -0.4 is 10.4 Å². The topological polar surface area (TPSA) is 61.8 Å². The highest BCUT2D eigenvalue weighted by molar-refractivity contribution is 6.99. The lowest BCUT2D eigenvalue weighted by Gasteiger charge is -2.44. The summed E-state index contributed by atoms with van der Waals surface area (Å²) in [6.07, 6.45) is -0.594. The van der Waals surface area contributed by atoms with E-state index in [0.29, 0.717) is 0 Å². The van der Waals surface area contributed by atoms with E-state index in [1.165, 1.54) is 14.2 Å². The third-order valence-corrected chi connectivity index (χ3v) is 10.1. The molecule has 0 bridgehead atoms. The number of ether oxygens (including phenoxy) is 2. The fraction of sp³-hybridized carbons (Fsp3) is 0.391. The maximum atomic E-state index is 12.6. The van der Waals surface area contributed by atoms with E-state index in [0.717, 1.165) is 10.4 Å². The SMILES string of the molecule is COC(=O)CC[C@H](O[Si](c1ccccc1)(c1ccccc1)C(C)(C)C)C(=O)OC. The molecule has 0 saturated heterocycles. The fourth-order valence-corrected chi connectivity index (χ4v) is 8.27. The predicted octanol–water partition coefficient (Wildman–Crippen LogP) is 3.06. The van der Waals surface area contributed by atoms with E-state index in [2.05, 4.69) is 45.0 Å². The van der Waals surface area contributed by atoms with Crippen LogP contribution in [-0.4, -0.2) is 40.6 Å². The highest BCUT2D eigenvalue weighted by Crippen LogP contribution is 2.38. The highest BCUT2D eigenvalue weighted by Gasteiger charge is 2.52. The number of hydrogen-bond donors (Lipinski definition) is 0. The molecule has 2 aromatic rings. The van der Waals surface area contributed by atoms with Crippen molar-refractivity contribution >= 4 is 30.6 Å². The van der Waals surface area contributed by atoms with Crippen LogP contribution in [0.1, 0.15) is 33.6 Å². The molecule has 0 amide bonds. The molecule has 0 aliphatic rings. The van der Waals surface area contributed by atoms with E-state index >= 15 is 0 Å². The van der Waals surface area contributed by atoms with Crippen LogP contribution in [0.25, 0.3) is 0 Å². The van der Waals surface area contributed by atoms with Gasteiger partial charge in [-0.3, -0.25) is 4.79 Å². The van der Waals surface area contributed by atoms with Gasteiger partial charge in [0.1, 0.15) is 6.10 Å². The van der Waals surface area contributed by atoms with Gasteiger partial charge < -0.3 is 13.9 Å². The molecular formula is C23H30O5Si. The van der Waals surface area contributed by atoms with Crippen molar-refractivity contribution in [1.82, 2.24) is 0 Å². The van der Waals surface area contributed by atoms with Crippen molar-refractivity contribution in [2.75, 3.05) is 14.2 Å². The highest BCUT2D eigenvalue weighted by atomic mass is 28.4. The van der Waals surface area contributed by atoms with E-state index in [9.17, 15) is 9.59 Å². The molecule has 0 fully saturated rings. The van der Waals surface area contributed by atoms with Crippen LogP contribution in [0.4, 0.5) is 0 Å². The average molecular weight is 415 g/mol. The summed E-state index contributed by atoms with van der Waals surface area (Å²) in [6.45, 7) is 6.40. The second-order valence-electron chi connectivity index (χ2n) is 7.91. The largest absolute Gasteiger partial charge is 0.469 e. The Morgan fingerprint density at radius 1 is 0.862 bits per heavy atom. The number of methoxy groups -OCH3 is 2. The molecule has 6 heteroatoms. The molecule has 0 heterocycles. The van der Waals surface area contributed by atoms with Crippen LogP contribution in [0.5, 0.6) is 0 Å². The molecule has 0 unspecified atom stereocenters. The third kappa shape index (κ3) is 5.13. The lowest BCUT2D eigenvalue weighted by atomic mass is 10.2. The van der Waals surface area contributed by atoms with Gasteiger partial charge in [-0.2, -0.15) is 0 Å². The van der Waals surface area contributed by atoms with Crippen LogP contribution in [0.15, 0.2) is 60.7 Å². The quantitative estimate of drug-likeness (QED) is 0.491. The second kappa shape index (κ2) is 9.85. The Morgan fingerprint density at radius 3 is 1.72 bits per heavy atom. The van der Waals surface area contributed by atoms with E-state index in [4.69, 9.17) is 13.9 Å². The Kier molecular flexibility index (Phi) is 7.76. The van der Waals surface area contributed by atoms with Gasteiger partial charge in [-0.25, -0.2) is 4.79 Å². The van der Waals surface area contributed by atoms with Gasteiger partial charge in [0.05, 0.1) is 14.2 Å². The Bertz CT molecular complexity index is 760. The van der Waals surface area contributed by atoms with Gasteiger partial charge in [0.2, 0.25) is 0 Å². The molecule has 2 aromatic carbocycles. The van der Waals surface area contributed by atoms with Gasteiger partial charge >= 0.3 is 11.9 Å².